The Labute approximate surface area is 110 Å². The third-order valence-electron chi connectivity index (χ3n) is 2.67. The van der Waals surface area contributed by atoms with E-state index in [1.54, 1.807) is 11.4 Å². The number of rotatable bonds is 3. The molecule has 4 nitrogen and oxygen atoms in total. The first-order valence-corrected chi connectivity index (χ1v) is 8.14. The number of hydrogen-bond acceptors (Lipinski definition) is 4. The van der Waals surface area contributed by atoms with Gasteiger partial charge in [-0.15, -0.1) is 22.9 Å². The molecule has 7 heteroatoms. The predicted molar refractivity (Wildman–Crippen MR) is 68.0 cm³/mol. The van der Waals surface area contributed by atoms with Crippen LogP contribution in [-0.2, 0) is 20.6 Å². The molecule has 2 rings (SSSR count). The Hall–Kier alpha value is -0.140. The van der Waals surface area contributed by atoms with Crippen LogP contribution in [0.15, 0.2) is 16.3 Å². The van der Waals surface area contributed by atoms with Gasteiger partial charge in [0.15, 0.2) is 0 Å². The van der Waals surface area contributed by atoms with Crippen molar-refractivity contribution in [1.82, 2.24) is 4.31 Å². The van der Waals surface area contributed by atoms with E-state index in [1.165, 1.54) is 15.6 Å². The second-order valence-electron chi connectivity index (χ2n) is 3.92. The van der Waals surface area contributed by atoms with Gasteiger partial charge in [-0.1, -0.05) is 0 Å². The lowest BCUT2D eigenvalue weighted by Crippen LogP contribution is -2.46. The maximum Gasteiger partial charge on any atom is 0.244 e. The van der Waals surface area contributed by atoms with Crippen LogP contribution in [-0.4, -0.2) is 38.5 Å². The highest BCUT2D eigenvalue weighted by Gasteiger charge is 2.31. The maximum atomic E-state index is 12.4. The third-order valence-corrected chi connectivity index (χ3v) is 6.20. The van der Waals surface area contributed by atoms with E-state index in [9.17, 15) is 8.42 Å². The molecule has 0 bridgehead atoms. The van der Waals surface area contributed by atoms with Gasteiger partial charge in [0.1, 0.15) is 0 Å². The van der Waals surface area contributed by atoms with Crippen molar-refractivity contribution >= 4 is 33.0 Å². The summed E-state index contributed by atoms with van der Waals surface area (Å²) in [5, 5.41) is 1.65. The first kappa shape index (κ1) is 13.3. The standard InChI is InChI=1S/C10H14ClNO3S2/c1-8-6-15-3-2-12(8)17(13,14)10-4-9(5-11)16-7-10/h4,7-8H,2-3,5-6H2,1H3. The van der Waals surface area contributed by atoms with Gasteiger partial charge in [0.2, 0.25) is 10.0 Å². The zero-order valence-corrected chi connectivity index (χ0v) is 11.8. The van der Waals surface area contributed by atoms with E-state index < -0.39 is 10.0 Å². The fourth-order valence-corrected chi connectivity index (χ4v) is 4.75. The van der Waals surface area contributed by atoms with Gasteiger partial charge in [-0.05, 0) is 13.0 Å². The van der Waals surface area contributed by atoms with Crippen molar-refractivity contribution < 1.29 is 13.2 Å². The average Bonchev–Trinajstić information content (AvgIpc) is 2.78. The summed E-state index contributed by atoms with van der Waals surface area (Å²) in [7, 11) is -3.40. The number of hydrogen-bond donors (Lipinski definition) is 0. The van der Waals surface area contributed by atoms with E-state index >= 15 is 0 Å². The van der Waals surface area contributed by atoms with Gasteiger partial charge >= 0.3 is 0 Å². The Balaban J connectivity index is 2.28. The molecule has 1 saturated heterocycles. The molecule has 1 atom stereocenters. The Morgan fingerprint density at radius 3 is 3.00 bits per heavy atom. The normalized spacial score (nSPS) is 22.8. The van der Waals surface area contributed by atoms with Gasteiger partial charge in [-0.2, -0.15) is 4.31 Å². The summed E-state index contributed by atoms with van der Waals surface area (Å²) in [6.07, 6.45) is 0. The molecule has 0 aromatic carbocycles. The predicted octanol–water partition coefficient (Wildman–Crippen LogP) is 1.90. The summed E-state index contributed by atoms with van der Waals surface area (Å²) < 4.78 is 31.5. The fraction of sp³-hybridized carbons (Fsp3) is 0.600. The van der Waals surface area contributed by atoms with E-state index in [-0.39, 0.29) is 6.04 Å². The highest BCUT2D eigenvalue weighted by atomic mass is 35.5. The van der Waals surface area contributed by atoms with Crippen molar-refractivity contribution in [3.8, 4) is 0 Å². The van der Waals surface area contributed by atoms with Crippen LogP contribution in [0.5, 0.6) is 0 Å². The van der Waals surface area contributed by atoms with E-state index in [2.05, 4.69) is 0 Å². The molecule has 0 N–H and O–H groups in total. The Bertz CT molecular complexity index is 485. The highest BCUT2D eigenvalue weighted by molar-refractivity contribution is 7.89. The van der Waals surface area contributed by atoms with E-state index in [4.69, 9.17) is 16.3 Å². The maximum absolute atomic E-state index is 12.4. The molecule has 0 aliphatic carbocycles. The Morgan fingerprint density at radius 2 is 2.41 bits per heavy atom. The van der Waals surface area contributed by atoms with Crippen LogP contribution >= 0.6 is 22.9 Å². The van der Waals surface area contributed by atoms with Gasteiger partial charge in [0.25, 0.3) is 0 Å². The SMILES string of the molecule is CC1COCCN1S(=O)(=O)c1csc(CCl)c1. The lowest BCUT2D eigenvalue weighted by molar-refractivity contribution is 0.0393. The molecule has 0 saturated carbocycles. The van der Waals surface area contributed by atoms with Crippen LogP contribution in [0.3, 0.4) is 0 Å². The molecule has 1 aliphatic rings. The molecule has 1 fully saturated rings. The first-order chi connectivity index (χ1) is 8.05. The first-order valence-electron chi connectivity index (χ1n) is 5.28. The van der Waals surface area contributed by atoms with Gasteiger partial charge in [-0.25, -0.2) is 8.42 Å². The number of alkyl halides is 1. The molecule has 1 unspecified atom stereocenters. The minimum atomic E-state index is -3.40. The molecule has 2 heterocycles. The van der Waals surface area contributed by atoms with E-state index in [0.717, 1.165) is 4.88 Å². The molecule has 1 aromatic heterocycles. The summed E-state index contributed by atoms with van der Waals surface area (Å²) in [5.74, 6) is 0.346. The van der Waals surface area contributed by atoms with Crippen LogP contribution < -0.4 is 0 Å². The lowest BCUT2D eigenvalue weighted by Gasteiger charge is -2.31. The minimum Gasteiger partial charge on any atom is -0.378 e. The van der Waals surface area contributed by atoms with Crippen molar-refractivity contribution in [3.63, 3.8) is 0 Å². The van der Waals surface area contributed by atoms with Crippen LogP contribution in [0.1, 0.15) is 11.8 Å². The van der Waals surface area contributed by atoms with Crippen LogP contribution in [0, 0.1) is 0 Å². The number of morpholine rings is 1. The van der Waals surface area contributed by atoms with Gasteiger partial charge in [0.05, 0.1) is 24.0 Å². The van der Waals surface area contributed by atoms with Gasteiger partial charge in [-0.3, -0.25) is 0 Å². The molecule has 0 spiro atoms. The van der Waals surface area contributed by atoms with Crippen molar-refractivity contribution in [2.24, 2.45) is 0 Å². The fourth-order valence-electron chi connectivity index (χ4n) is 1.77. The quantitative estimate of drug-likeness (QED) is 0.800. The van der Waals surface area contributed by atoms with Crippen molar-refractivity contribution in [2.75, 3.05) is 19.8 Å². The zero-order chi connectivity index (χ0) is 12.5. The Kier molecular flexibility index (Phi) is 4.10. The summed E-state index contributed by atoms with van der Waals surface area (Å²) in [6, 6.07) is 1.53. The molecule has 0 amide bonds. The van der Waals surface area contributed by atoms with Crippen LogP contribution in [0.25, 0.3) is 0 Å². The summed E-state index contributed by atoms with van der Waals surface area (Å²) in [6.45, 7) is 3.17. The van der Waals surface area contributed by atoms with E-state index in [0.29, 0.717) is 30.5 Å². The van der Waals surface area contributed by atoms with Gasteiger partial charge in [0, 0.05) is 22.8 Å². The Morgan fingerprint density at radius 1 is 1.65 bits per heavy atom. The second kappa shape index (κ2) is 5.24. The number of thiophene rings is 1. The highest BCUT2D eigenvalue weighted by Crippen LogP contribution is 2.25. The minimum absolute atomic E-state index is 0.117. The largest absolute Gasteiger partial charge is 0.378 e. The molecular weight excluding hydrogens is 282 g/mol. The van der Waals surface area contributed by atoms with Crippen LogP contribution in [0.4, 0.5) is 0 Å². The molecule has 1 aromatic rings. The summed E-state index contributed by atoms with van der Waals surface area (Å²) in [4.78, 5) is 1.21. The number of nitrogens with zero attached hydrogens (tertiary/aromatic N) is 1. The smallest absolute Gasteiger partial charge is 0.244 e. The van der Waals surface area contributed by atoms with E-state index in [1.807, 2.05) is 6.92 Å². The number of ether oxygens (including phenoxy) is 1. The van der Waals surface area contributed by atoms with Crippen molar-refractivity contribution in [2.45, 2.75) is 23.7 Å². The summed E-state index contributed by atoms with van der Waals surface area (Å²) in [5.41, 5.74) is 0. The molecular formula is C10H14ClNO3S2. The molecule has 1 aliphatic heterocycles. The average molecular weight is 296 g/mol. The molecule has 0 radical (unpaired) electrons. The number of sulfonamides is 1. The monoisotopic (exact) mass is 295 g/mol. The molecule has 96 valence electrons. The van der Waals surface area contributed by atoms with Crippen LogP contribution in [0.2, 0.25) is 0 Å². The third kappa shape index (κ3) is 2.66. The summed E-state index contributed by atoms with van der Waals surface area (Å²) >= 11 is 7.06. The lowest BCUT2D eigenvalue weighted by atomic mass is 10.3. The molecule has 17 heavy (non-hydrogen) atoms. The second-order valence-corrected chi connectivity index (χ2v) is 7.08. The number of halogens is 1. The zero-order valence-electron chi connectivity index (χ0n) is 9.43. The van der Waals surface area contributed by atoms with Crippen molar-refractivity contribution in [1.29, 1.82) is 0 Å². The van der Waals surface area contributed by atoms with Crippen molar-refractivity contribution in [3.05, 3.63) is 16.3 Å². The topological polar surface area (TPSA) is 46.6 Å². The van der Waals surface area contributed by atoms with Gasteiger partial charge < -0.3 is 4.74 Å².